The molecule has 1 amide bonds. The molecule has 1 aliphatic heterocycles. The van der Waals surface area contributed by atoms with Crippen LogP contribution >= 0.6 is 0 Å². The van der Waals surface area contributed by atoms with E-state index in [9.17, 15) is 14.7 Å². The number of nitrogens with one attached hydrogen (secondary N) is 1. The van der Waals surface area contributed by atoms with Crippen molar-refractivity contribution in [1.29, 1.82) is 0 Å². The molecule has 1 aliphatic carbocycles. The predicted molar refractivity (Wildman–Crippen MR) is 126 cm³/mol. The van der Waals surface area contributed by atoms with E-state index in [0.717, 1.165) is 5.69 Å². The van der Waals surface area contributed by atoms with Crippen molar-refractivity contribution in [2.45, 2.75) is 24.3 Å². The van der Waals surface area contributed by atoms with Crippen LogP contribution in [0.3, 0.4) is 0 Å². The molecular weight excluding hydrogens is 416 g/mol. The number of benzene rings is 3. The molecule has 168 valence electrons. The fourth-order valence-corrected chi connectivity index (χ4v) is 4.95. The smallest absolute Gasteiger partial charge is 0.409 e. The zero-order valence-corrected chi connectivity index (χ0v) is 18.2. The van der Waals surface area contributed by atoms with E-state index in [2.05, 4.69) is 29.6 Å². The Balaban J connectivity index is 1.24. The van der Waals surface area contributed by atoms with E-state index < -0.39 is 17.6 Å². The van der Waals surface area contributed by atoms with Crippen molar-refractivity contribution in [1.82, 2.24) is 4.90 Å². The zero-order valence-electron chi connectivity index (χ0n) is 18.2. The monoisotopic (exact) mass is 442 g/mol. The number of ether oxygens (including phenoxy) is 1. The Morgan fingerprint density at radius 1 is 0.879 bits per heavy atom. The van der Waals surface area contributed by atoms with Crippen molar-refractivity contribution in [2.75, 3.05) is 25.0 Å². The lowest BCUT2D eigenvalue weighted by molar-refractivity contribution is -0.144. The van der Waals surface area contributed by atoms with Crippen LogP contribution in [0.1, 0.15) is 29.9 Å². The zero-order chi connectivity index (χ0) is 22.8. The molecule has 0 radical (unpaired) electrons. The highest BCUT2D eigenvalue weighted by molar-refractivity contribution is 5.83. The number of hydrogen-bond acceptors (Lipinski definition) is 4. The number of fused-ring (bicyclic) bond motifs is 3. The Morgan fingerprint density at radius 3 is 2.00 bits per heavy atom. The maximum absolute atomic E-state index is 12.9. The normalized spacial score (nSPS) is 16.5. The maximum Gasteiger partial charge on any atom is 0.409 e. The average Bonchev–Trinajstić information content (AvgIpc) is 3.17. The molecular formula is C27H26N2O4. The molecule has 0 saturated carbocycles. The topological polar surface area (TPSA) is 78.9 Å². The number of anilines is 1. The van der Waals surface area contributed by atoms with Gasteiger partial charge in [0.05, 0.1) is 0 Å². The summed E-state index contributed by atoms with van der Waals surface area (Å²) in [6.07, 6.45) is 0.221. The van der Waals surface area contributed by atoms with Crippen LogP contribution in [0.4, 0.5) is 10.5 Å². The number of rotatable bonds is 5. The SMILES string of the molecule is O=C(OCC1c2ccccc2-c2ccccc21)N1CCC(Nc2ccccc2)(C(=O)O)CC1. The average molecular weight is 443 g/mol. The van der Waals surface area contributed by atoms with Gasteiger partial charge in [-0.3, -0.25) is 0 Å². The first kappa shape index (κ1) is 21.1. The van der Waals surface area contributed by atoms with Gasteiger partial charge in [0.15, 0.2) is 0 Å². The van der Waals surface area contributed by atoms with Crippen LogP contribution in [0.25, 0.3) is 11.1 Å². The molecule has 0 aromatic heterocycles. The van der Waals surface area contributed by atoms with Gasteiger partial charge in [0.2, 0.25) is 0 Å². The minimum atomic E-state index is -1.10. The van der Waals surface area contributed by atoms with Gasteiger partial charge in [0, 0.05) is 24.7 Å². The molecule has 0 spiro atoms. The Morgan fingerprint density at radius 2 is 1.42 bits per heavy atom. The Kier molecular flexibility index (Phi) is 5.50. The highest BCUT2D eigenvalue weighted by Gasteiger charge is 2.43. The number of carboxylic acid groups (broad SMARTS) is 1. The number of carbonyl (C=O) groups is 2. The molecule has 2 N–H and O–H groups in total. The van der Waals surface area contributed by atoms with Gasteiger partial charge < -0.3 is 20.1 Å². The lowest BCUT2D eigenvalue weighted by atomic mass is 9.87. The summed E-state index contributed by atoms with van der Waals surface area (Å²) in [6.45, 7) is 0.904. The summed E-state index contributed by atoms with van der Waals surface area (Å²) >= 11 is 0. The first-order valence-corrected chi connectivity index (χ1v) is 11.2. The number of likely N-dealkylation sites (tertiary alicyclic amines) is 1. The Hall–Kier alpha value is -3.80. The first-order chi connectivity index (χ1) is 16.1. The third kappa shape index (κ3) is 3.93. The number of piperidine rings is 1. The molecule has 3 aromatic rings. The number of carbonyl (C=O) groups excluding carboxylic acids is 1. The standard InChI is InChI=1S/C27H26N2O4/c30-25(31)27(28-19-8-2-1-3-9-19)14-16-29(17-15-27)26(32)33-18-24-22-12-6-4-10-20(22)21-11-5-7-13-23(21)24/h1-13,24,28H,14-18H2,(H,30,31). The van der Waals surface area contributed by atoms with E-state index in [1.807, 2.05) is 54.6 Å². The molecule has 2 aliphatic rings. The van der Waals surface area contributed by atoms with E-state index in [1.165, 1.54) is 22.3 Å². The van der Waals surface area contributed by atoms with Crippen molar-refractivity contribution in [3.8, 4) is 11.1 Å². The van der Waals surface area contributed by atoms with Crippen molar-refractivity contribution >= 4 is 17.7 Å². The van der Waals surface area contributed by atoms with E-state index >= 15 is 0 Å². The van der Waals surface area contributed by atoms with Crippen LogP contribution in [-0.2, 0) is 9.53 Å². The summed E-state index contributed by atoms with van der Waals surface area (Å²) in [7, 11) is 0. The molecule has 1 heterocycles. The van der Waals surface area contributed by atoms with E-state index in [4.69, 9.17) is 4.74 Å². The van der Waals surface area contributed by atoms with Crippen LogP contribution in [0.15, 0.2) is 78.9 Å². The van der Waals surface area contributed by atoms with Crippen molar-refractivity contribution < 1.29 is 19.4 Å². The first-order valence-electron chi connectivity index (χ1n) is 11.2. The van der Waals surface area contributed by atoms with E-state index in [0.29, 0.717) is 25.9 Å². The molecule has 1 fully saturated rings. The number of para-hydroxylation sites is 1. The fourth-order valence-electron chi connectivity index (χ4n) is 4.95. The van der Waals surface area contributed by atoms with Gasteiger partial charge in [-0.25, -0.2) is 9.59 Å². The number of carboxylic acids is 1. The lowest BCUT2D eigenvalue weighted by Gasteiger charge is -2.39. The second-order valence-corrected chi connectivity index (χ2v) is 8.67. The van der Waals surface area contributed by atoms with Crippen LogP contribution in [0.2, 0.25) is 0 Å². The van der Waals surface area contributed by atoms with Gasteiger partial charge in [0.1, 0.15) is 12.1 Å². The van der Waals surface area contributed by atoms with Gasteiger partial charge in [-0.1, -0.05) is 66.7 Å². The molecule has 1 saturated heterocycles. The van der Waals surface area contributed by atoms with Crippen molar-refractivity contribution in [3.63, 3.8) is 0 Å². The van der Waals surface area contributed by atoms with Gasteiger partial charge in [-0.15, -0.1) is 0 Å². The third-order valence-corrected chi connectivity index (χ3v) is 6.78. The van der Waals surface area contributed by atoms with Crippen molar-refractivity contribution in [3.05, 3.63) is 90.0 Å². The van der Waals surface area contributed by atoms with E-state index in [-0.39, 0.29) is 12.5 Å². The summed E-state index contributed by atoms with van der Waals surface area (Å²) in [5.74, 6) is -0.900. The van der Waals surface area contributed by atoms with Gasteiger partial charge in [0.25, 0.3) is 0 Å². The summed E-state index contributed by atoms with van der Waals surface area (Å²) in [6, 6.07) is 25.8. The maximum atomic E-state index is 12.9. The predicted octanol–water partition coefficient (Wildman–Crippen LogP) is 4.97. The number of aliphatic carboxylic acids is 1. The number of nitrogens with zero attached hydrogens (tertiary/aromatic N) is 1. The fraction of sp³-hybridized carbons (Fsp3) is 0.259. The Labute approximate surface area is 192 Å². The highest BCUT2D eigenvalue weighted by atomic mass is 16.6. The molecule has 5 rings (SSSR count). The molecule has 0 unspecified atom stereocenters. The summed E-state index contributed by atoms with van der Waals surface area (Å²) in [5.41, 5.74) is 4.37. The largest absolute Gasteiger partial charge is 0.480 e. The van der Waals surface area contributed by atoms with Gasteiger partial charge in [-0.05, 0) is 47.2 Å². The van der Waals surface area contributed by atoms with E-state index in [1.54, 1.807) is 4.90 Å². The highest BCUT2D eigenvalue weighted by Crippen LogP contribution is 2.44. The second kappa shape index (κ2) is 8.62. The van der Waals surface area contributed by atoms with Crippen LogP contribution < -0.4 is 5.32 Å². The summed E-state index contributed by atoms with van der Waals surface area (Å²) in [4.78, 5) is 26.6. The third-order valence-electron chi connectivity index (χ3n) is 6.78. The minimum Gasteiger partial charge on any atom is -0.480 e. The second-order valence-electron chi connectivity index (χ2n) is 8.67. The molecule has 3 aromatic carbocycles. The lowest BCUT2D eigenvalue weighted by Crippen LogP contribution is -2.55. The van der Waals surface area contributed by atoms with Crippen molar-refractivity contribution in [2.24, 2.45) is 0 Å². The molecule has 6 nitrogen and oxygen atoms in total. The summed E-state index contributed by atoms with van der Waals surface area (Å²) in [5, 5.41) is 13.1. The number of hydrogen-bond donors (Lipinski definition) is 2. The summed E-state index contributed by atoms with van der Waals surface area (Å²) < 4.78 is 5.75. The van der Waals surface area contributed by atoms with Gasteiger partial charge >= 0.3 is 12.1 Å². The van der Waals surface area contributed by atoms with Gasteiger partial charge in [-0.2, -0.15) is 0 Å². The van der Waals surface area contributed by atoms with Crippen LogP contribution in [-0.4, -0.2) is 47.3 Å². The van der Waals surface area contributed by atoms with Crippen LogP contribution in [0, 0.1) is 0 Å². The minimum absolute atomic E-state index is 0.00370. The molecule has 0 atom stereocenters. The van der Waals surface area contributed by atoms with Crippen LogP contribution in [0.5, 0.6) is 0 Å². The molecule has 6 heteroatoms. The molecule has 33 heavy (non-hydrogen) atoms. The molecule has 0 bridgehead atoms. The quantitative estimate of drug-likeness (QED) is 0.584. The Bertz CT molecular complexity index is 1120. The number of amides is 1.